The van der Waals surface area contributed by atoms with E-state index in [1.54, 1.807) is 0 Å². The molecule has 19 heavy (non-hydrogen) atoms. The van der Waals surface area contributed by atoms with E-state index in [1.807, 2.05) is 0 Å². The molecule has 9 heteroatoms. The highest BCUT2D eigenvalue weighted by Crippen LogP contribution is 2.28. The second kappa shape index (κ2) is 7.10. The smallest absolute Gasteiger partial charge is 0.451 e. The van der Waals surface area contributed by atoms with Crippen LogP contribution < -0.4 is 10.5 Å². The van der Waals surface area contributed by atoms with Crippen molar-refractivity contribution < 1.29 is 27.4 Å². The maximum Gasteiger partial charge on any atom is 0.451 e. The van der Waals surface area contributed by atoms with E-state index in [0.717, 1.165) is 6.07 Å². The van der Waals surface area contributed by atoms with Crippen LogP contribution in [0, 0.1) is 0 Å². The predicted molar refractivity (Wildman–Crippen MR) is 59.6 cm³/mol. The summed E-state index contributed by atoms with van der Waals surface area (Å²) in [6, 6.07) is 1.12. The number of anilines is 1. The van der Waals surface area contributed by atoms with Crippen molar-refractivity contribution in [1.29, 1.82) is 0 Å². The summed E-state index contributed by atoms with van der Waals surface area (Å²) in [5.74, 6) is -1.88. The topological polar surface area (TPSA) is 79.5 Å². The molecule has 0 aliphatic rings. The molecule has 1 rings (SSSR count). The van der Waals surface area contributed by atoms with Crippen LogP contribution in [0.4, 0.5) is 19.0 Å². The minimum absolute atomic E-state index is 0.0530. The average molecular weight is 281 g/mol. The summed E-state index contributed by atoms with van der Waals surface area (Å²) in [5, 5.41) is 0. The van der Waals surface area contributed by atoms with Crippen LogP contribution in [0.2, 0.25) is 0 Å². The molecule has 0 radical (unpaired) electrons. The molecule has 0 aromatic carbocycles. The minimum atomic E-state index is -4.66. The van der Waals surface area contributed by atoms with Gasteiger partial charge in [-0.15, -0.1) is 0 Å². The summed E-state index contributed by atoms with van der Waals surface area (Å²) in [6.07, 6.45) is -4.66. The van der Waals surface area contributed by atoms with Gasteiger partial charge in [0.05, 0.1) is 19.8 Å². The third kappa shape index (κ3) is 5.71. The fourth-order valence-corrected chi connectivity index (χ4v) is 1.09. The van der Waals surface area contributed by atoms with E-state index in [0.29, 0.717) is 13.2 Å². The lowest BCUT2D eigenvalue weighted by Crippen LogP contribution is -2.15. The lowest BCUT2D eigenvalue weighted by molar-refractivity contribution is -0.145. The molecule has 0 saturated carbocycles. The zero-order valence-electron chi connectivity index (χ0n) is 10.2. The fraction of sp³-hybridized carbons (Fsp3) is 0.600. The highest BCUT2D eigenvalue weighted by molar-refractivity contribution is 5.33. The second-order valence-electron chi connectivity index (χ2n) is 3.41. The van der Waals surface area contributed by atoms with Crippen LogP contribution in [-0.4, -0.2) is 43.5 Å². The molecule has 0 aliphatic heterocycles. The molecule has 0 aliphatic carbocycles. The highest BCUT2D eigenvalue weighted by Gasteiger charge is 2.35. The number of methoxy groups -OCH3 is 1. The van der Waals surface area contributed by atoms with E-state index in [-0.39, 0.29) is 24.9 Å². The van der Waals surface area contributed by atoms with Crippen molar-refractivity contribution in [3.8, 4) is 5.88 Å². The Kier molecular flexibility index (Phi) is 5.77. The first kappa shape index (κ1) is 15.4. The van der Waals surface area contributed by atoms with Crippen LogP contribution >= 0.6 is 0 Å². The number of hydrogen-bond donors (Lipinski definition) is 1. The monoisotopic (exact) mass is 281 g/mol. The van der Waals surface area contributed by atoms with E-state index >= 15 is 0 Å². The molecule has 0 unspecified atom stereocenters. The molecule has 0 spiro atoms. The Morgan fingerprint density at radius 3 is 2.47 bits per heavy atom. The summed E-state index contributed by atoms with van der Waals surface area (Å²) in [5.41, 5.74) is 5.25. The van der Waals surface area contributed by atoms with Gasteiger partial charge in [-0.25, -0.2) is 4.98 Å². The molecule has 1 heterocycles. The molecule has 1 aromatic rings. The number of nitrogen functional groups attached to an aromatic ring is 1. The highest BCUT2D eigenvalue weighted by atomic mass is 19.4. The summed E-state index contributed by atoms with van der Waals surface area (Å²) >= 11 is 0. The van der Waals surface area contributed by atoms with Crippen molar-refractivity contribution in [2.24, 2.45) is 0 Å². The summed E-state index contributed by atoms with van der Waals surface area (Å²) in [6.45, 7) is 1.06. The van der Waals surface area contributed by atoms with Crippen molar-refractivity contribution in [1.82, 2.24) is 9.97 Å². The predicted octanol–water partition coefficient (Wildman–Crippen LogP) is 1.12. The molecule has 1 aromatic heterocycles. The Morgan fingerprint density at radius 1 is 1.16 bits per heavy atom. The van der Waals surface area contributed by atoms with Crippen molar-refractivity contribution >= 4 is 5.82 Å². The fourth-order valence-electron chi connectivity index (χ4n) is 1.09. The van der Waals surface area contributed by atoms with Crippen LogP contribution in [0.15, 0.2) is 6.07 Å². The Labute approximate surface area is 107 Å². The van der Waals surface area contributed by atoms with Crippen LogP contribution in [0.25, 0.3) is 0 Å². The van der Waals surface area contributed by atoms with Crippen LogP contribution in [0.3, 0.4) is 0 Å². The van der Waals surface area contributed by atoms with E-state index < -0.39 is 12.0 Å². The summed E-state index contributed by atoms with van der Waals surface area (Å²) in [4.78, 5) is 6.31. The number of hydrogen-bond acceptors (Lipinski definition) is 6. The largest absolute Gasteiger partial charge is 0.475 e. The Morgan fingerprint density at radius 2 is 1.84 bits per heavy atom. The van der Waals surface area contributed by atoms with E-state index in [9.17, 15) is 13.2 Å². The van der Waals surface area contributed by atoms with Crippen molar-refractivity contribution in [3.05, 3.63) is 11.9 Å². The lowest BCUT2D eigenvalue weighted by Gasteiger charge is -2.09. The molecular formula is C10H14F3N3O3. The number of rotatable bonds is 7. The standard InChI is InChI=1S/C10H14F3N3O3/c1-17-2-3-18-4-5-19-8-6-7(14)15-9(16-8)10(11,12)13/h6H,2-5H2,1H3,(H2,14,15,16). The molecule has 0 atom stereocenters. The van der Waals surface area contributed by atoms with E-state index in [2.05, 4.69) is 9.97 Å². The number of alkyl halides is 3. The molecule has 2 N–H and O–H groups in total. The third-order valence-corrected chi connectivity index (χ3v) is 1.89. The first-order valence-electron chi connectivity index (χ1n) is 5.34. The van der Waals surface area contributed by atoms with Crippen molar-refractivity contribution in [3.63, 3.8) is 0 Å². The van der Waals surface area contributed by atoms with Gasteiger partial charge in [0, 0.05) is 13.2 Å². The SMILES string of the molecule is COCCOCCOc1cc(N)nc(C(F)(F)F)n1. The van der Waals surface area contributed by atoms with Gasteiger partial charge >= 0.3 is 6.18 Å². The van der Waals surface area contributed by atoms with E-state index in [1.165, 1.54) is 7.11 Å². The molecule has 0 amide bonds. The molecule has 6 nitrogen and oxygen atoms in total. The van der Waals surface area contributed by atoms with Gasteiger partial charge in [-0.2, -0.15) is 18.2 Å². The van der Waals surface area contributed by atoms with Gasteiger partial charge in [0.2, 0.25) is 11.7 Å². The number of ether oxygens (including phenoxy) is 3. The molecule has 108 valence electrons. The van der Waals surface area contributed by atoms with Gasteiger partial charge in [-0.1, -0.05) is 0 Å². The minimum Gasteiger partial charge on any atom is -0.475 e. The van der Waals surface area contributed by atoms with Crippen molar-refractivity contribution in [2.75, 3.05) is 39.3 Å². The number of halogens is 3. The summed E-state index contributed by atoms with van der Waals surface area (Å²) in [7, 11) is 1.53. The van der Waals surface area contributed by atoms with Gasteiger partial charge in [-0.05, 0) is 0 Å². The first-order chi connectivity index (χ1) is 8.93. The van der Waals surface area contributed by atoms with Crippen molar-refractivity contribution in [2.45, 2.75) is 6.18 Å². The Balaban J connectivity index is 2.48. The van der Waals surface area contributed by atoms with Gasteiger partial charge in [-0.3, -0.25) is 0 Å². The zero-order valence-corrected chi connectivity index (χ0v) is 10.2. The molecule has 0 fully saturated rings. The van der Waals surface area contributed by atoms with Gasteiger partial charge in [0.1, 0.15) is 12.4 Å². The molecular weight excluding hydrogens is 267 g/mol. The van der Waals surface area contributed by atoms with Crippen LogP contribution in [0.1, 0.15) is 5.82 Å². The van der Waals surface area contributed by atoms with Gasteiger partial charge in [0.15, 0.2) is 0 Å². The van der Waals surface area contributed by atoms with Crippen LogP contribution in [-0.2, 0) is 15.7 Å². The number of nitrogens with two attached hydrogens (primary N) is 1. The maximum atomic E-state index is 12.4. The molecule has 0 saturated heterocycles. The third-order valence-electron chi connectivity index (χ3n) is 1.89. The zero-order chi connectivity index (χ0) is 14.3. The molecule has 0 bridgehead atoms. The summed E-state index contributed by atoms with van der Waals surface area (Å²) < 4.78 is 52.0. The number of aromatic nitrogens is 2. The lowest BCUT2D eigenvalue weighted by atomic mass is 10.5. The number of nitrogens with zero attached hydrogens (tertiary/aromatic N) is 2. The quantitative estimate of drug-likeness (QED) is 0.754. The van der Waals surface area contributed by atoms with Gasteiger partial charge in [0.25, 0.3) is 0 Å². The van der Waals surface area contributed by atoms with Gasteiger partial charge < -0.3 is 19.9 Å². The normalized spacial score (nSPS) is 11.6. The van der Waals surface area contributed by atoms with Crippen LogP contribution in [0.5, 0.6) is 5.88 Å². The first-order valence-corrected chi connectivity index (χ1v) is 5.34. The van der Waals surface area contributed by atoms with E-state index in [4.69, 9.17) is 19.9 Å². The second-order valence-corrected chi connectivity index (χ2v) is 3.41. The maximum absolute atomic E-state index is 12.4. The Bertz CT molecular complexity index is 401. The average Bonchev–Trinajstić information content (AvgIpc) is 2.32. The Hall–Kier alpha value is -1.61.